The van der Waals surface area contributed by atoms with Crippen molar-refractivity contribution < 1.29 is 9.53 Å². The monoisotopic (exact) mass is 337 g/mol. The molecule has 0 radical (unpaired) electrons. The Morgan fingerprint density at radius 3 is 2.56 bits per heavy atom. The van der Waals surface area contributed by atoms with Crippen LogP contribution in [-0.2, 0) is 0 Å². The van der Waals surface area contributed by atoms with Crippen molar-refractivity contribution in [2.24, 2.45) is 0 Å². The second kappa shape index (κ2) is 7.18. The van der Waals surface area contributed by atoms with Crippen molar-refractivity contribution in [3.8, 4) is 11.9 Å². The average Bonchev–Trinajstić information content (AvgIpc) is 2.67. The minimum absolute atomic E-state index is 0.000539. The molecule has 2 heterocycles. The molecule has 1 fully saturated rings. The van der Waals surface area contributed by atoms with Gasteiger partial charge in [-0.25, -0.2) is 0 Å². The summed E-state index contributed by atoms with van der Waals surface area (Å²) in [6.45, 7) is 4.50. The molecule has 1 aliphatic rings. The van der Waals surface area contributed by atoms with Crippen molar-refractivity contribution >= 4 is 17.3 Å². The van der Waals surface area contributed by atoms with Crippen LogP contribution in [0.25, 0.3) is 0 Å². The van der Waals surface area contributed by atoms with E-state index in [9.17, 15) is 4.79 Å². The number of benzene rings is 1. The number of hydrogen-bond acceptors (Lipinski definition) is 7. The second-order valence-corrected chi connectivity index (χ2v) is 5.79. The van der Waals surface area contributed by atoms with E-state index in [1.807, 2.05) is 0 Å². The van der Waals surface area contributed by atoms with Gasteiger partial charge in [-0.1, -0.05) is 0 Å². The van der Waals surface area contributed by atoms with E-state index in [-0.39, 0.29) is 5.78 Å². The van der Waals surface area contributed by atoms with Gasteiger partial charge in [0.15, 0.2) is 11.6 Å². The minimum atomic E-state index is 0.000539. The molecule has 0 spiro atoms. The van der Waals surface area contributed by atoms with Crippen molar-refractivity contribution in [3.05, 3.63) is 41.7 Å². The molecule has 3 rings (SSSR count). The molecule has 1 aliphatic heterocycles. The Bertz CT molecular complexity index is 822. The summed E-state index contributed by atoms with van der Waals surface area (Å²) >= 11 is 0. The highest BCUT2D eigenvalue weighted by Gasteiger charge is 2.22. The van der Waals surface area contributed by atoms with Crippen LogP contribution in [0.4, 0.5) is 11.5 Å². The Kier molecular flexibility index (Phi) is 4.80. The van der Waals surface area contributed by atoms with Crippen molar-refractivity contribution in [1.82, 2.24) is 9.97 Å². The fourth-order valence-electron chi connectivity index (χ4n) is 2.93. The predicted molar refractivity (Wildman–Crippen MR) is 94.2 cm³/mol. The van der Waals surface area contributed by atoms with Crippen molar-refractivity contribution in [1.29, 1.82) is 5.26 Å². The van der Waals surface area contributed by atoms with Gasteiger partial charge in [0.1, 0.15) is 0 Å². The minimum Gasteiger partial charge on any atom is -0.480 e. The van der Waals surface area contributed by atoms with E-state index < -0.39 is 0 Å². The van der Waals surface area contributed by atoms with Gasteiger partial charge >= 0.3 is 0 Å². The highest BCUT2D eigenvalue weighted by atomic mass is 16.5. The number of nitrogens with zero attached hydrogens (tertiary/aromatic N) is 5. The maximum Gasteiger partial charge on any atom is 0.233 e. The van der Waals surface area contributed by atoms with Crippen LogP contribution < -0.4 is 14.5 Å². The zero-order chi connectivity index (χ0) is 17.8. The molecule has 0 unspecified atom stereocenters. The fourth-order valence-corrected chi connectivity index (χ4v) is 2.93. The number of nitriles is 1. The normalized spacial score (nSPS) is 14.1. The molecule has 25 heavy (non-hydrogen) atoms. The van der Waals surface area contributed by atoms with Gasteiger partial charge in [0.2, 0.25) is 5.88 Å². The molecule has 0 aliphatic carbocycles. The number of piperazine rings is 1. The van der Waals surface area contributed by atoms with Gasteiger partial charge in [0.05, 0.1) is 31.1 Å². The lowest BCUT2D eigenvalue weighted by Gasteiger charge is -2.37. The highest BCUT2D eigenvalue weighted by Crippen LogP contribution is 2.25. The molecule has 128 valence electrons. The maximum atomic E-state index is 11.9. The number of ether oxygens (including phenoxy) is 1. The first-order valence-corrected chi connectivity index (χ1v) is 8.03. The number of rotatable bonds is 4. The Labute approximate surface area is 146 Å². The van der Waals surface area contributed by atoms with E-state index in [0.29, 0.717) is 17.0 Å². The number of hydrogen-bond donors (Lipinski definition) is 0. The molecule has 0 amide bonds. The van der Waals surface area contributed by atoms with Gasteiger partial charge in [-0.05, 0) is 25.1 Å². The van der Waals surface area contributed by atoms with Crippen molar-refractivity contribution in [2.45, 2.75) is 6.92 Å². The first kappa shape index (κ1) is 16.7. The molecule has 1 aromatic carbocycles. The van der Waals surface area contributed by atoms with Gasteiger partial charge in [-0.2, -0.15) is 10.2 Å². The Morgan fingerprint density at radius 2 is 1.92 bits per heavy atom. The molecule has 1 aromatic heterocycles. The molecular weight excluding hydrogens is 318 g/mol. The molecule has 2 aromatic rings. The second-order valence-electron chi connectivity index (χ2n) is 5.79. The quantitative estimate of drug-likeness (QED) is 0.788. The Morgan fingerprint density at radius 1 is 1.20 bits per heavy atom. The van der Waals surface area contributed by atoms with Gasteiger partial charge in [-0.15, -0.1) is 0 Å². The molecule has 7 heteroatoms. The van der Waals surface area contributed by atoms with Gasteiger partial charge < -0.3 is 14.5 Å². The van der Waals surface area contributed by atoms with Gasteiger partial charge in [-0.3, -0.25) is 9.78 Å². The third kappa shape index (κ3) is 3.53. The molecule has 7 nitrogen and oxygen atoms in total. The summed E-state index contributed by atoms with van der Waals surface area (Å²) in [5.41, 5.74) is 2.03. The number of ketones is 1. The first-order valence-electron chi connectivity index (χ1n) is 8.03. The lowest BCUT2D eigenvalue weighted by atomic mass is 10.0. The zero-order valence-corrected chi connectivity index (χ0v) is 14.3. The Balaban J connectivity index is 1.78. The zero-order valence-electron chi connectivity index (χ0n) is 14.3. The van der Waals surface area contributed by atoms with E-state index in [4.69, 9.17) is 10.00 Å². The van der Waals surface area contributed by atoms with Crippen LogP contribution in [0.5, 0.6) is 5.88 Å². The van der Waals surface area contributed by atoms with Gasteiger partial charge in [0.25, 0.3) is 0 Å². The molecule has 1 saturated heterocycles. The van der Waals surface area contributed by atoms with Gasteiger partial charge in [0, 0.05) is 37.4 Å². The van der Waals surface area contributed by atoms with Crippen LogP contribution >= 0.6 is 0 Å². The van der Waals surface area contributed by atoms with E-state index in [0.717, 1.165) is 37.7 Å². The number of anilines is 2. The summed E-state index contributed by atoms with van der Waals surface area (Å²) in [4.78, 5) is 24.7. The lowest BCUT2D eigenvalue weighted by Crippen LogP contribution is -2.47. The lowest BCUT2D eigenvalue weighted by molar-refractivity contribution is 0.101. The van der Waals surface area contributed by atoms with E-state index in [1.165, 1.54) is 0 Å². The van der Waals surface area contributed by atoms with E-state index >= 15 is 0 Å². The number of aromatic nitrogens is 2. The standard InChI is InChI=1S/C18H19N5O2/c1-13(24)15-4-3-14(10-19)9-16(15)22-5-7-23(8-6-22)17-11-20-12-18(21-17)25-2/h3-4,9,11-12H,5-8H2,1-2H3. The van der Waals surface area contributed by atoms with Crippen molar-refractivity contribution in [3.63, 3.8) is 0 Å². The maximum absolute atomic E-state index is 11.9. The molecule has 0 bridgehead atoms. The Hall–Kier alpha value is -3.14. The summed E-state index contributed by atoms with van der Waals surface area (Å²) in [7, 11) is 1.57. The number of Topliss-reactive ketones (excluding diaryl/α,β-unsaturated/α-hetero) is 1. The number of carbonyl (C=O) groups is 1. The molecular formula is C18H19N5O2. The number of methoxy groups -OCH3 is 1. The van der Waals surface area contributed by atoms with Crippen LogP contribution in [0.1, 0.15) is 22.8 Å². The SMILES string of the molecule is COc1cncc(N2CCN(c3cc(C#N)ccc3C(C)=O)CC2)n1. The third-order valence-electron chi connectivity index (χ3n) is 4.26. The number of carbonyl (C=O) groups excluding carboxylic acids is 1. The summed E-state index contributed by atoms with van der Waals surface area (Å²) in [5, 5.41) is 9.14. The van der Waals surface area contributed by atoms with Crippen LogP contribution in [0.2, 0.25) is 0 Å². The van der Waals surface area contributed by atoms with Crippen LogP contribution in [0, 0.1) is 11.3 Å². The van der Waals surface area contributed by atoms with E-state index in [2.05, 4.69) is 25.8 Å². The fraction of sp³-hybridized carbons (Fsp3) is 0.333. The predicted octanol–water partition coefficient (Wildman–Crippen LogP) is 1.89. The summed E-state index contributed by atoms with van der Waals surface area (Å²) in [5.74, 6) is 1.26. The summed E-state index contributed by atoms with van der Waals surface area (Å²) in [6.07, 6.45) is 3.29. The third-order valence-corrected chi connectivity index (χ3v) is 4.26. The molecule has 0 N–H and O–H groups in total. The smallest absolute Gasteiger partial charge is 0.233 e. The van der Waals surface area contributed by atoms with E-state index in [1.54, 1.807) is 44.6 Å². The topological polar surface area (TPSA) is 82.4 Å². The summed E-state index contributed by atoms with van der Waals surface area (Å²) in [6, 6.07) is 7.34. The average molecular weight is 337 g/mol. The molecule has 0 atom stereocenters. The highest BCUT2D eigenvalue weighted by molar-refractivity contribution is 6.00. The van der Waals surface area contributed by atoms with Crippen LogP contribution in [-0.4, -0.2) is 49.0 Å². The molecule has 0 saturated carbocycles. The summed E-state index contributed by atoms with van der Waals surface area (Å²) < 4.78 is 5.12. The van der Waals surface area contributed by atoms with Crippen molar-refractivity contribution in [2.75, 3.05) is 43.1 Å². The first-order chi connectivity index (χ1) is 12.1. The van der Waals surface area contributed by atoms with Crippen LogP contribution in [0.3, 0.4) is 0 Å². The van der Waals surface area contributed by atoms with Crippen LogP contribution in [0.15, 0.2) is 30.6 Å². The largest absolute Gasteiger partial charge is 0.480 e.